The Labute approximate surface area is 102 Å². The molecule has 0 heterocycles. The summed E-state index contributed by atoms with van der Waals surface area (Å²) in [7, 11) is 0. The topological polar surface area (TPSA) is 29.1 Å². The maximum Gasteiger partial charge on any atom is 0.251 e. The van der Waals surface area contributed by atoms with Crippen molar-refractivity contribution in [3.05, 3.63) is 35.4 Å². The highest BCUT2D eigenvalue weighted by atomic mass is 32.2. The number of carbonyl (C=O) groups excluding carboxylic acids is 1. The van der Waals surface area contributed by atoms with E-state index in [1.807, 2.05) is 45.0 Å². The van der Waals surface area contributed by atoms with E-state index in [0.717, 1.165) is 11.3 Å². The Hall–Kier alpha value is -0.960. The van der Waals surface area contributed by atoms with E-state index in [1.54, 1.807) is 11.8 Å². The highest BCUT2D eigenvalue weighted by Gasteiger charge is 2.14. The average molecular weight is 237 g/mol. The molecule has 0 aliphatic heterocycles. The molecule has 0 aromatic heterocycles. The maximum atomic E-state index is 11.8. The van der Waals surface area contributed by atoms with Gasteiger partial charge in [-0.1, -0.05) is 12.1 Å². The third kappa shape index (κ3) is 4.27. The number of thioether (sulfide) groups is 1. The SMILES string of the molecule is CSCc1ccc(C(=O)NC(C)(C)C)cc1. The van der Waals surface area contributed by atoms with Crippen molar-refractivity contribution in [3.63, 3.8) is 0 Å². The summed E-state index contributed by atoms with van der Waals surface area (Å²) in [6.07, 6.45) is 2.07. The zero-order valence-corrected chi connectivity index (χ0v) is 11.1. The van der Waals surface area contributed by atoms with E-state index in [9.17, 15) is 4.79 Å². The van der Waals surface area contributed by atoms with E-state index in [1.165, 1.54) is 5.56 Å². The standard InChI is InChI=1S/C13H19NOS/c1-13(2,3)14-12(15)11-7-5-10(6-8-11)9-16-4/h5-8H,9H2,1-4H3,(H,14,15). The van der Waals surface area contributed by atoms with Gasteiger partial charge in [-0.05, 0) is 44.7 Å². The molecule has 0 aliphatic rings. The fourth-order valence-corrected chi connectivity index (χ4v) is 1.86. The smallest absolute Gasteiger partial charge is 0.251 e. The summed E-state index contributed by atoms with van der Waals surface area (Å²) in [6, 6.07) is 7.78. The molecule has 1 rings (SSSR count). The van der Waals surface area contributed by atoms with Gasteiger partial charge in [0.15, 0.2) is 0 Å². The molecule has 16 heavy (non-hydrogen) atoms. The lowest BCUT2D eigenvalue weighted by Crippen LogP contribution is -2.40. The lowest BCUT2D eigenvalue weighted by Gasteiger charge is -2.20. The van der Waals surface area contributed by atoms with Gasteiger partial charge in [0.2, 0.25) is 0 Å². The summed E-state index contributed by atoms with van der Waals surface area (Å²) in [6.45, 7) is 5.94. The second-order valence-electron chi connectivity index (χ2n) is 4.83. The number of benzene rings is 1. The Kier molecular flexibility index (Phi) is 4.42. The van der Waals surface area contributed by atoms with Crippen molar-refractivity contribution in [1.29, 1.82) is 0 Å². The Balaban J connectivity index is 2.70. The van der Waals surface area contributed by atoms with Gasteiger partial charge < -0.3 is 5.32 Å². The molecule has 1 aromatic carbocycles. The van der Waals surface area contributed by atoms with E-state index >= 15 is 0 Å². The Morgan fingerprint density at radius 1 is 1.25 bits per heavy atom. The van der Waals surface area contributed by atoms with Gasteiger partial charge in [-0.15, -0.1) is 0 Å². The summed E-state index contributed by atoms with van der Waals surface area (Å²) in [5.41, 5.74) is 1.79. The van der Waals surface area contributed by atoms with Crippen LogP contribution in [-0.2, 0) is 5.75 Å². The normalized spacial score (nSPS) is 11.2. The monoisotopic (exact) mass is 237 g/mol. The Morgan fingerprint density at radius 3 is 2.25 bits per heavy atom. The second-order valence-corrected chi connectivity index (χ2v) is 5.70. The molecule has 1 aromatic rings. The highest BCUT2D eigenvalue weighted by molar-refractivity contribution is 7.97. The van der Waals surface area contributed by atoms with E-state index in [2.05, 4.69) is 11.6 Å². The summed E-state index contributed by atoms with van der Waals surface area (Å²) in [4.78, 5) is 11.8. The van der Waals surface area contributed by atoms with Gasteiger partial charge in [0.05, 0.1) is 0 Å². The quantitative estimate of drug-likeness (QED) is 0.875. The first-order valence-electron chi connectivity index (χ1n) is 5.33. The molecule has 0 fully saturated rings. The van der Waals surface area contributed by atoms with Gasteiger partial charge in [0, 0.05) is 16.9 Å². The lowest BCUT2D eigenvalue weighted by molar-refractivity contribution is 0.0919. The van der Waals surface area contributed by atoms with Crippen molar-refractivity contribution in [1.82, 2.24) is 5.32 Å². The van der Waals surface area contributed by atoms with Gasteiger partial charge >= 0.3 is 0 Å². The first-order chi connectivity index (χ1) is 7.42. The summed E-state index contributed by atoms with van der Waals surface area (Å²) in [5, 5.41) is 2.94. The van der Waals surface area contributed by atoms with Crippen LogP contribution in [0.2, 0.25) is 0 Å². The van der Waals surface area contributed by atoms with Crippen molar-refractivity contribution in [2.75, 3.05) is 6.26 Å². The predicted octanol–water partition coefficient (Wildman–Crippen LogP) is 3.08. The molecule has 0 spiro atoms. The van der Waals surface area contributed by atoms with Crippen LogP contribution in [0.3, 0.4) is 0 Å². The van der Waals surface area contributed by atoms with Crippen LogP contribution in [-0.4, -0.2) is 17.7 Å². The molecule has 1 amide bonds. The minimum Gasteiger partial charge on any atom is -0.347 e. The number of amides is 1. The number of carbonyl (C=O) groups is 1. The van der Waals surface area contributed by atoms with Crippen LogP contribution >= 0.6 is 11.8 Å². The Morgan fingerprint density at radius 2 is 1.81 bits per heavy atom. The van der Waals surface area contributed by atoms with Crippen LogP contribution in [0.4, 0.5) is 0 Å². The first-order valence-corrected chi connectivity index (χ1v) is 6.72. The van der Waals surface area contributed by atoms with Gasteiger partial charge in [0.25, 0.3) is 5.91 Å². The van der Waals surface area contributed by atoms with Crippen molar-refractivity contribution in [2.45, 2.75) is 32.1 Å². The highest BCUT2D eigenvalue weighted by Crippen LogP contribution is 2.11. The number of nitrogens with one attached hydrogen (secondary N) is 1. The van der Waals surface area contributed by atoms with Crippen molar-refractivity contribution >= 4 is 17.7 Å². The number of rotatable bonds is 3. The molecule has 0 saturated carbocycles. The minimum atomic E-state index is -0.185. The van der Waals surface area contributed by atoms with Gasteiger partial charge in [-0.25, -0.2) is 0 Å². The average Bonchev–Trinajstić information content (AvgIpc) is 2.16. The van der Waals surface area contributed by atoms with Crippen molar-refractivity contribution in [3.8, 4) is 0 Å². The molecule has 0 bridgehead atoms. The van der Waals surface area contributed by atoms with Gasteiger partial charge in [-0.2, -0.15) is 11.8 Å². The Bertz CT molecular complexity index is 351. The molecule has 2 nitrogen and oxygen atoms in total. The third-order valence-corrected chi connectivity index (χ3v) is 2.64. The molecule has 0 saturated heterocycles. The molecule has 0 unspecified atom stereocenters. The molecular formula is C13H19NOS. The first kappa shape index (κ1) is 13.1. The fourth-order valence-electron chi connectivity index (χ4n) is 1.33. The second kappa shape index (κ2) is 5.39. The van der Waals surface area contributed by atoms with Crippen LogP contribution in [0, 0.1) is 0 Å². The summed E-state index contributed by atoms with van der Waals surface area (Å²) >= 11 is 1.78. The van der Waals surface area contributed by atoms with Gasteiger partial charge in [-0.3, -0.25) is 4.79 Å². The minimum absolute atomic E-state index is 0.0109. The molecule has 0 atom stereocenters. The molecule has 0 radical (unpaired) electrons. The van der Waals surface area contributed by atoms with Crippen LogP contribution < -0.4 is 5.32 Å². The molecule has 1 N–H and O–H groups in total. The van der Waals surface area contributed by atoms with E-state index < -0.39 is 0 Å². The van der Waals surface area contributed by atoms with E-state index in [4.69, 9.17) is 0 Å². The lowest BCUT2D eigenvalue weighted by atomic mass is 10.1. The largest absolute Gasteiger partial charge is 0.347 e. The van der Waals surface area contributed by atoms with Crippen LogP contribution in [0.5, 0.6) is 0 Å². The van der Waals surface area contributed by atoms with Gasteiger partial charge in [0.1, 0.15) is 0 Å². The van der Waals surface area contributed by atoms with E-state index in [0.29, 0.717) is 0 Å². The van der Waals surface area contributed by atoms with E-state index in [-0.39, 0.29) is 11.4 Å². The van der Waals surface area contributed by atoms with Crippen LogP contribution in [0.15, 0.2) is 24.3 Å². The molecule has 0 aliphatic carbocycles. The van der Waals surface area contributed by atoms with Crippen molar-refractivity contribution in [2.24, 2.45) is 0 Å². The summed E-state index contributed by atoms with van der Waals surface area (Å²) in [5.74, 6) is 0.976. The summed E-state index contributed by atoms with van der Waals surface area (Å²) < 4.78 is 0. The zero-order chi connectivity index (χ0) is 12.2. The number of hydrogen-bond acceptors (Lipinski definition) is 2. The zero-order valence-electron chi connectivity index (χ0n) is 10.3. The fraction of sp³-hybridized carbons (Fsp3) is 0.462. The number of hydrogen-bond donors (Lipinski definition) is 1. The molecule has 88 valence electrons. The molecule has 3 heteroatoms. The molecular weight excluding hydrogens is 218 g/mol. The maximum absolute atomic E-state index is 11.8. The van der Waals surface area contributed by atoms with Crippen molar-refractivity contribution < 1.29 is 4.79 Å². The van der Waals surface area contributed by atoms with Crippen LogP contribution in [0.25, 0.3) is 0 Å². The van der Waals surface area contributed by atoms with Crippen LogP contribution in [0.1, 0.15) is 36.7 Å². The third-order valence-electron chi connectivity index (χ3n) is 2.02. The predicted molar refractivity (Wildman–Crippen MR) is 70.9 cm³/mol.